The lowest BCUT2D eigenvalue weighted by molar-refractivity contribution is 0.110. The Morgan fingerprint density at radius 3 is 2.61 bits per heavy atom. The lowest BCUT2D eigenvalue weighted by Crippen LogP contribution is -2.45. The van der Waals surface area contributed by atoms with Crippen LogP contribution in [0.5, 0.6) is 0 Å². The van der Waals surface area contributed by atoms with Crippen molar-refractivity contribution in [1.29, 1.82) is 0 Å². The third-order valence-electron chi connectivity index (χ3n) is 2.24. The molecular formula is C13H15FN2O2. The molecule has 5 heteroatoms. The monoisotopic (exact) mass is 250 g/mol. The second kappa shape index (κ2) is 5.50. The van der Waals surface area contributed by atoms with Gasteiger partial charge < -0.3 is 5.11 Å². The second-order valence-corrected chi connectivity index (χ2v) is 4.71. The predicted octanol–water partition coefficient (Wildman–Crippen LogP) is 2.35. The highest BCUT2D eigenvalue weighted by molar-refractivity contribution is 5.66. The number of aromatic nitrogens is 1. The molecule has 1 amide bonds. The molecule has 0 aliphatic heterocycles. The molecule has 0 atom stereocenters. The van der Waals surface area contributed by atoms with Gasteiger partial charge in [0.1, 0.15) is 0 Å². The van der Waals surface area contributed by atoms with Gasteiger partial charge in [0.15, 0.2) is 0 Å². The second-order valence-electron chi connectivity index (χ2n) is 4.71. The number of pyridine rings is 1. The lowest BCUT2D eigenvalue weighted by Gasteiger charge is -2.31. The standard InChI is InChI=1S/C13H15FN2O2/c1-13(2,3)16(12(17)18)8-4-5-10-6-7-11(14)15-9-10/h6-7,9H,8H2,1-3H3,(H,17,18). The van der Waals surface area contributed by atoms with Crippen LogP contribution in [0.25, 0.3) is 0 Å². The molecule has 18 heavy (non-hydrogen) atoms. The molecule has 0 unspecified atom stereocenters. The number of hydrogen-bond acceptors (Lipinski definition) is 2. The van der Waals surface area contributed by atoms with Gasteiger partial charge in [0, 0.05) is 17.3 Å². The Kier molecular flexibility index (Phi) is 4.27. The minimum atomic E-state index is -1.02. The summed E-state index contributed by atoms with van der Waals surface area (Å²) in [6.45, 7) is 5.48. The summed E-state index contributed by atoms with van der Waals surface area (Å²) in [5.41, 5.74) is 0.0392. The number of halogens is 1. The molecule has 0 aliphatic carbocycles. The first-order valence-corrected chi connectivity index (χ1v) is 5.41. The number of rotatable bonds is 1. The number of nitrogens with zero attached hydrogens (tertiary/aromatic N) is 2. The van der Waals surface area contributed by atoms with Gasteiger partial charge in [-0.1, -0.05) is 11.8 Å². The summed E-state index contributed by atoms with van der Waals surface area (Å²) in [6, 6.07) is 2.71. The Morgan fingerprint density at radius 2 is 2.17 bits per heavy atom. The van der Waals surface area contributed by atoms with Gasteiger partial charge in [0.05, 0.1) is 6.54 Å². The fraction of sp³-hybridized carbons (Fsp3) is 0.385. The summed E-state index contributed by atoms with van der Waals surface area (Å²) in [5.74, 6) is 4.92. The van der Waals surface area contributed by atoms with E-state index in [1.807, 2.05) is 0 Å². The Balaban J connectivity index is 2.75. The topological polar surface area (TPSA) is 53.4 Å². The molecule has 0 fully saturated rings. The van der Waals surface area contributed by atoms with Gasteiger partial charge in [-0.15, -0.1) is 0 Å². The van der Waals surface area contributed by atoms with Gasteiger partial charge in [0.25, 0.3) is 0 Å². The zero-order valence-corrected chi connectivity index (χ0v) is 10.6. The van der Waals surface area contributed by atoms with E-state index in [1.165, 1.54) is 23.2 Å². The lowest BCUT2D eigenvalue weighted by atomic mass is 10.1. The number of carboxylic acid groups (broad SMARTS) is 1. The van der Waals surface area contributed by atoms with E-state index in [9.17, 15) is 9.18 Å². The van der Waals surface area contributed by atoms with Crippen LogP contribution in [0.4, 0.5) is 9.18 Å². The minimum Gasteiger partial charge on any atom is -0.465 e. The minimum absolute atomic E-state index is 0.0935. The maximum atomic E-state index is 12.6. The Labute approximate surface area is 105 Å². The Morgan fingerprint density at radius 1 is 1.50 bits per heavy atom. The molecule has 0 spiro atoms. The van der Waals surface area contributed by atoms with E-state index in [0.29, 0.717) is 5.56 Å². The maximum absolute atomic E-state index is 12.6. The van der Waals surface area contributed by atoms with Crippen LogP contribution in [-0.4, -0.2) is 33.2 Å². The normalized spacial score (nSPS) is 10.4. The zero-order valence-electron chi connectivity index (χ0n) is 10.6. The molecule has 0 saturated heterocycles. The quantitative estimate of drug-likeness (QED) is 0.615. The van der Waals surface area contributed by atoms with Crippen molar-refractivity contribution in [3.63, 3.8) is 0 Å². The number of amides is 1. The van der Waals surface area contributed by atoms with E-state index in [4.69, 9.17) is 5.11 Å². The summed E-state index contributed by atoms with van der Waals surface area (Å²) in [4.78, 5) is 15.7. The van der Waals surface area contributed by atoms with Gasteiger partial charge in [-0.3, -0.25) is 4.90 Å². The zero-order chi connectivity index (χ0) is 13.8. The molecule has 1 rings (SSSR count). The van der Waals surface area contributed by atoms with Crippen molar-refractivity contribution in [3.05, 3.63) is 29.8 Å². The SMILES string of the molecule is CC(C)(C)N(CC#Cc1ccc(F)nc1)C(=O)O. The van der Waals surface area contributed by atoms with Crippen LogP contribution in [0, 0.1) is 17.8 Å². The van der Waals surface area contributed by atoms with Gasteiger partial charge in [0.2, 0.25) is 5.95 Å². The van der Waals surface area contributed by atoms with Crippen molar-refractivity contribution >= 4 is 6.09 Å². The highest BCUT2D eigenvalue weighted by Crippen LogP contribution is 2.12. The molecule has 1 aromatic heterocycles. The van der Waals surface area contributed by atoms with E-state index >= 15 is 0 Å². The summed E-state index contributed by atoms with van der Waals surface area (Å²) in [6.07, 6.45) is 0.291. The highest BCUT2D eigenvalue weighted by atomic mass is 19.1. The first-order chi connectivity index (χ1) is 8.30. The Hall–Kier alpha value is -2.09. The molecule has 0 radical (unpaired) electrons. The smallest absolute Gasteiger partial charge is 0.408 e. The van der Waals surface area contributed by atoms with E-state index in [1.54, 1.807) is 20.8 Å². The van der Waals surface area contributed by atoms with Crippen molar-refractivity contribution in [1.82, 2.24) is 9.88 Å². The van der Waals surface area contributed by atoms with E-state index in [2.05, 4.69) is 16.8 Å². The third kappa shape index (κ3) is 4.06. The summed E-state index contributed by atoms with van der Waals surface area (Å²) < 4.78 is 12.6. The summed E-state index contributed by atoms with van der Waals surface area (Å²) in [5, 5.41) is 9.04. The van der Waals surface area contributed by atoms with Gasteiger partial charge in [-0.25, -0.2) is 9.78 Å². The Bertz CT molecular complexity index is 480. The van der Waals surface area contributed by atoms with E-state index < -0.39 is 17.6 Å². The molecule has 96 valence electrons. The average molecular weight is 250 g/mol. The van der Waals surface area contributed by atoms with Crippen molar-refractivity contribution in [2.45, 2.75) is 26.3 Å². The van der Waals surface area contributed by atoms with Crippen LogP contribution in [0.1, 0.15) is 26.3 Å². The molecular weight excluding hydrogens is 235 g/mol. The van der Waals surface area contributed by atoms with Crippen LogP contribution >= 0.6 is 0 Å². The van der Waals surface area contributed by atoms with Crippen molar-refractivity contribution in [2.75, 3.05) is 6.54 Å². The molecule has 0 aromatic carbocycles. The summed E-state index contributed by atoms with van der Waals surface area (Å²) >= 11 is 0. The van der Waals surface area contributed by atoms with Crippen LogP contribution in [0.3, 0.4) is 0 Å². The van der Waals surface area contributed by atoms with Crippen molar-refractivity contribution in [2.24, 2.45) is 0 Å². The molecule has 0 bridgehead atoms. The van der Waals surface area contributed by atoms with E-state index in [-0.39, 0.29) is 6.54 Å². The molecule has 4 nitrogen and oxygen atoms in total. The third-order valence-corrected chi connectivity index (χ3v) is 2.24. The van der Waals surface area contributed by atoms with Crippen LogP contribution in [0.15, 0.2) is 18.3 Å². The molecule has 0 saturated carbocycles. The average Bonchev–Trinajstić information content (AvgIpc) is 2.24. The van der Waals surface area contributed by atoms with Gasteiger partial charge in [-0.2, -0.15) is 4.39 Å². The largest absolute Gasteiger partial charge is 0.465 e. The van der Waals surface area contributed by atoms with Crippen molar-refractivity contribution < 1.29 is 14.3 Å². The van der Waals surface area contributed by atoms with Gasteiger partial charge >= 0.3 is 6.09 Å². The first-order valence-electron chi connectivity index (χ1n) is 5.41. The summed E-state index contributed by atoms with van der Waals surface area (Å²) in [7, 11) is 0. The number of hydrogen-bond donors (Lipinski definition) is 1. The fourth-order valence-electron chi connectivity index (χ4n) is 1.26. The van der Waals surface area contributed by atoms with Crippen LogP contribution in [-0.2, 0) is 0 Å². The van der Waals surface area contributed by atoms with Gasteiger partial charge in [-0.05, 0) is 32.9 Å². The van der Waals surface area contributed by atoms with Crippen LogP contribution < -0.4 is 0 Å². The number of carbonyl (C=O) groups is 1. The first kappa shape index (κ1) is 14.0. The molecule has 0 aliphatic rings. The predicted molar refractivity (Wildman–Crippen MR) is 65.6 cm³/mol. The van der Waals surface area contributed by atoms with Crippen molar-refractivity contribution in [3.8, 4) is 11.8 Å². The molecule has 1 heterocycles. The van der Waals surface area contributed by atoms with Crippen LogP contribution in [0.2, 0.25) is 0 Å². The molecule has 1 aromatic rings. The maximum Gasteiger partial charge on any atom is 0.408 e. The fourth-order valence-corrected chi connectivity index (χ4v) is 1.26. The highest BCUT2D eigenvalue weighted by Gasteiger charge is 2.24. The molecule has 1 N–H and O–H groups in total. The van der Waals surface area contributed by atoms with E-state index in [0.717, 1.165) is 0 Å².